The van der Waals surface area contributed by atoms with Crippen molar-refractivity contribution < 1.29 is 22.7 Å². The predicted octanol–water partition coefficient (Wildman–Crippen LogP) is 3.98. The highest BCUT2D eigenvalue weighted by Crippen LogP contribution is 2.37. The number of carbonyl (C=O) groups is 1. The van der Waals surface area contributed by atoms with Crippen molar-refractivity contribution in [1.82, 2.24) is 19.7 Å². The lowest BCUT2D eigenvalue weighted by Crippen LogP contribution is -2.39. The molecule has 1 aromatic carbocycles. The van der Waals surface area contributed by atoms with Crippen LogP contribution in [-0.2, 0) is 13.5 Å². The number of carbonyl (C=O) groups excluding carboxylic acids is 1. The number of amides is 1. The Labute approximate surface area is 177 Å². The first-order chi connectivity index (χ1) is 14.7. The summed E-state index contributed by atoms with van der Waals surface area (Å²) in [7, 11) is 3.17. The van der Waals surface area contributed by atoms with Gasteiger partial charge in [-0.05, 0) is 38.5 Å². The van der Waals surface area contributed by atoms with Gasteiger partial charge >= 0.3 is 0 Å². The Bertz CT molecular complexity index is 1170. The van der Waals surface area contributed by atoms with Gasteiger partial charge in [0.2, 0.25) is 0 Å². The van der Waals surface area contributed by atoms with Crippen molar-refractivity contribution in [3.05, 3.63) is 64.4 Å². The lowest BCUT2D eigenvalue weighted by Gasteiger charge is -2.33. The lowest BCUT2D eigenvalue weighted by atomic mass is 9.95. The van der Waals surface area contributed by atoms with Crippen LogP contribution in [0.1, 0.15) is 40.3 Å². The summed E-state index contributed by atoms with van der Waals surface area (Å²) >= 11 is 0. The molecule has 0 N–H and O–H groups in total. The lowest BCUT2D eigenvalue weighted by molar-refractivity contribution is 0.0673. The molecule has 0 fully saturated rings. The number of methoxy groups -OCH3 is 1. The molecule has 0 spiro atoms. The summed E-state index contributed by atoms with van der Waals surface area (Å²) in [5.74, 6) is -3.71. The van der Waals surface area contributed by atoms with E-state index in [1.54, 1.807) is 24.9 Å². The number of rotatable bonds is 3. The topological polar surface area (TPSA) is 60.2 Å². The van der Waals surface area contributed by atoms with Crippen LogP contribution in [0.15, 0.2) is 24.4 Å². The second-order valence-corrected chi connectivity index (χ2v) is 7.53. The Hall–Kier alpha value is -3.36. The smallest absolute Gasteiger partial charge is 0.256 e. The van der Waals surface area contributed by atoms with Gasteiger partial charge in [0.25, 0.3) is 5.91 Å². The van der Waals surface area contributed by atoms with Crippen LogP contribution in [0.25, 0.3) is 11.3 Å². The summed E-state index contributed by atoms with van der Waals surface area (Å²) in [6.45, 7) is 4.02. The number of aromatic nitrogens is 3. The molecule has 162 valence electrons. The Morgan fingerprint density at radius 1 is 1.19 bits per heavy atom. The molecule has 3 aromatic rings. The zero-order chi connectivity index (χ0) is 22.4. The van der Waals surface area contributed by atoms with Crippen molar-refractivity contribution in [2.45, 2.75) is 26.3 Å². The highest BCUT2D eigenvalue weighted by molar-refractivity contribution is 5.95. The third kappa shape index (κ3) is 3.43. The van der Waals surface area contributed by atoms with Crippen molar-refractivity contribution >= 4 is 5.91 Å². The maximum Gasteiger partial charge on any atom is 0.256 e. The molecule has 1 aliphatic rings. The minimum absolute atomic E-state index is 0.201. The third-order valence-electron chi connectivity index (χ3n) is 5.67. The molecule has 1 amide bonds. The van der Waals surface area contributed by atoms with E-state index in [1.165, 1.54) is 18.0 Å². The molecule has 4 rings (SSSR count). The van der Waals surface area contributed by atoms with E-state index in [0.717, 1.165) is 17.7 Å². The van der Waals surface area contributed by atoms with E-state index in [9.17, 15) is 18.0 Å². The van der Waals surface area contributed by atoms with Gasteiger partial charge in [-0.25, -0.2) is 13.2 Å². The van der Waals surface area contributed by atoms with Crippen LogP contribution in [0.2, 0.25) is 0 Å². The van der Waals surface area contributed by atoms with Gasteiger partial charge in [0.15, 0.2) is 17.5 Å². The Morgan fingerprint density at radius 3 is 2.52 bits per heavy atom. The second kappa shape index (κ2) is 7.72. The van der Waals surface area contributed by atoms with Gasteiger partial charge in [-0.3, -0.25) is 14.5 Å². The number of hydrogen-bond acceptors (Lipinski definition) is 4. The van der Waals surface area contributed by atoms with Crippen LogP contribution in [0.4, 0.5) is 13.2 Å². The molecule has 0 bridgehead atoms. The SMILES string of the molecule is COc1cc(C(=O)N2CCc3c(nn(C)c3-c3cc(F)c(F)c(F)c3)[C@@H]2C)cnc1C. The van der Waals surface area contributed by atoms with Crippen LogP contribution in [0.5, 0.6) is 5.75 Å². The highest BCUT2D eigenvalue weighted by Gasteiger charge is 2.34. The van der Waals surface area contributed by atoms with E-state index in [4.69, 9.17) is 4.74 Å². The van der Waals surface area contributed by atoms with Crippen molar-refractivity contribution in [2.24, 2.45) is 7.05 Å². The molecule has 0 saturated heterocycles. The highest BCUT2D eigenvalue weighted by atomic mass is 19.2. The number of nitrogens with zero attached hydrogens (tertiary/aromatic N) is 4. The summed E-state index contributed by atoms with van der Waals surface area (Å²) in [6, 6.07) is 3.20. The van der Waals surface area contributed by atoms with E-state index >= 15 is 0 Å². The zero-order valence-corrected chi connectivity index (χ0v) is 17.5. The normalized spacial score (nSPS) is 15.7. The van der Waals surface area contributed by atoms with Crippen LogP contribution in [0, 0.1) is 24.4 Å². The predicted molar refractivity (Wildman–Crippen MR) is 107 cm³/mol. The van der Waals surface area contributed by atoms with E-state index < -0.39 is 17.5 Å². The molecule has 1 atom stereocenters. The number of benzene rings is 1. The molecule has 31 heavy (non-hydrogen) atoms. The molecule has 6 nitrogen and oxygen atoms in total. The molecule has 9 heteroatoms. The average molecular weight is 430 g/mol. The fraction of sp³-hybridized carbons (Fsp3) is 0.318. The Kier molecular flexibility index (Phi) is 5.20. The summed E-state index contributed by atoms with van der Waals surface area (Å²) in [5.41, 5.74) is 3.20. The molecule has 0 aliphatic carbocycles. The summed E-state index contributed by atoms with van der Waals surface area (Å²) in [6.07, 6.45) is 1.95. The third-order valence-corrected chi connectivity index (χ3v) is 5.67. The maximum absolute atomic E-state index is 13.8. The van der Waals surface area contributed by atoms with Gasteiger partial charge < -0.3 is 9.64 Å². The van der Waals surface area contributed by atoms with Gasteiger partial charge in [0.05, 0.1) is 35.8 Å². The number of ether oxygens (including phenoxy) is 1. The number of pyridine rings is 1. The second-order valence-electron chi connectivity index (χ2n) is 7.53. The van der Waals surface area contributed by atoms with Gasteiger partial charge in [-0.2, -0.15) is 5.10 Å². The number of fused-ring (bicyclic) bond motifs is 1. The molecule has 1 aliphatic heterocycles. The Morgan fingerprint density at radius 2 is 1.87 bits per heavy atom. The molecular weight excluding hydrogens is 409 g/mol. The van der Waals surface area contributed by atoms with Gasteiger partial charge in [-0.15, -0.1) is 0 Å². The van der Waals surface area contributed by atoms with Gasteiger partial charge in [0, 0.05) is 30.9 Å². The average Bonchev–Trinajstić information content (AvgIpc) is 3.08. The van der Waals surface area contributed by atoms with E-state index in [2.05, 4.69) is 10.1 Å². The fourth-order valence-corrected chi connectivity index (χ4v) is 4.08. The molecule has 0 radical (unpaired) electrons. The largest absolute Gasteiger partial charge is 0.495 e. The first kappa shape index (κ1) is 20.9. The number of halogens is 3. The number of hydrogen-bond donors (Lipinski definition) is 0. The van der Waals surface area contributed by atoms with Crippen molar-refractivity contribution in [2.75, 3.05) is 13.7 Å². The summed E-state index contributed by atoms with van der Waals surface area (Å²) < 4.78 is 47.8. The molecule has 0 saturated carbocycles. The minimum Gasteiger partial charge on any atom is -0.495 e. The summed E-state index contributed by atoms with van der Waals surface area (Å²) in [5, 5.41) is 4.51. The first-order valence-electron chi connectivity index (χ1n) is 9.75. The van der Waals surface area contributed by atoms with Crippen molar-refractivity contribution in [3.63, 3.8) is 0 Å². The van der Waals surface area contributed by atoms with Crippen LogP contribution in [-0.4, -0.2) is 39.2 Å². The van der Waals surface area contributed by atoms with Crippen molar-refractivity contribution in [1.29, 1.82) is 0 Å². The molecule has 3 heterocycles. The summed E-state index contributed by atoms with van der Waals surface area (Å²) in [4.78, 5) is 19.0. The quantitative estimate of drug-likeness (QED) is 0.590. The minimum atomic E-state index is -1.51. The number of aryl methyl sites for hydroxylation is 2. The van der Waals surface area contributed by atoms with E-state index in [1.807, 2.05) is 6.92 Å². The maximum atomic E-state index is 13.8. The monoisotopic (exact) mass is 430 g/mol. The van der Waals surface area contributed by atoms with Gasteiger partial charge in [-0.1, -0.05) is 0 Å². The molecule has 2 aromatic heterocycles. The van der Waals surface area contributed by atoms with Crippen LogP contribution < -0.4 is 4.74 Å². The van der Waals surface area contributed by atoms with E-state index in [-0.39, 0.29) is 17.5 Å². The zero-order valence-electron chi connectivity index (χ0n) is 17.5. The van der Waals surface area contributed by atoms with Gasteiger partial charge in [0.1, 0.15) is 5.75 Å². The first-order valence-corrected chi connectivity index (χ1v) is 9.75. The van der Waals surface area contributed by atoms with Crippen molar-refractivity contribution in [3.8, 4) is 17.0 Å². The van der Waals surface area contributed by atoms with Crippen LogP contribution in [0.3, 0.4) is 0 Å². The standard InChI is InChI=1S/C22H21F3N4O2/c1-11-18(31-4)9-14(10-26-11)22(30)29-6-5-15-20(12(29)2)27-28(3)21(15)13-7-16(23)19(25)17(24)8-13/h7-10,12H,5-6H2,1-4H3/t12-/m0/s1. The van der Waals surface area contributed by atoms with E-state index in [0.29, 0.717) is 41.4 Å². The fourth-order valence-electron chi connectivity index (χ4n) is 4.08. The van der Waals surface area contributed by atoms with Crippen LogP contribution >= 0.6 is 0 Å². The Balaban J connectivity index is 1.70. The molecular formula is C22H21F3N4O2. The molecule has 0 unspecified atom stereocenters.